The standard InChI is InChI=1S/C27H27FN6O/c1-5-26(35)33-13-15(2)34-18(14-33)11-23(31-34)22-12-20-19(7-8-21(20)28)27(30-22)17-6-9-25-24(10-17)29-16(3)32(25)4/h5-6,9-12,15,21H,1,7-8,13-14H2,2-4H3. The van der Waals surface area contributed by atoms with Crippen LogP contribution in [0.3, 0.4) is 0 Å². The monoisotopic (exact) mass is 470 g/mol. The van der Waals surface area contributed by atoms with Gasteiger partial charge in [0.15, 0.2) is 0 Å². The first kappa shape index (κ1) is 21.7. The van der Waals surface area contributed by atoms with E-state index in [1.54, 1.807) is 4.90 Å². The minimum absolute atomic E-state index is 0.0222. The summed E-state index contributed by atoms with van der Waals surface area (Å²) >= 11 is 0. The Kier molecular flexibility index (Phi) is 4.88. The van der Waals surface area contributed by atoms with Crippen molar-refractivity contribution in [2.45, 2.75) is 45.4 Å². The molecule has 3 aromatic heterocycles. The van der Waals surface area contributed by atoms with Crippen LogP contribution in [0.5, 0.6) is 0 Å². The van der Waals surface area contributed by atoms with Gasteiger partial charge in [-0.2, -0.15) is 5.10 Å². The highest BCUT2D eigenvalue weighted by atomic mass is 19.1. The average molecular weight is 471 g/mol. The molecule has 0 saturated heterocycles. The molecular formula is C27H27FN6O. The number of benzene rings is 1. The van der Waals surface area contributed by atoms with Gasteiger partial charge in [0.2, 0.25) is 5.91 Å². The van der Waals surface area contributed by atoms with Gasteiger partial charge < -0.3 is 9.47 Å². The van der Waals surface area contributed by atoms with Gasteiger partial charge in [0.25, 0.3) is 0 Å². The molecule has 4 heterocycles. The zero-order valence-electron chi connectivity index (χ0n) is 20.1. The van der Waals surface area contributed by atoms with Crippen LogP contribution in [0, 0.1) is 6.92 Å². The van der Waals surface area contributed by atoms with Gasteiger partial charge in [-0.1, -0.05) is 12.6 Å². The number of nitrogens with zero attached hydrogens (tertiary/aromatic N) is 6. The van der Waals surface area contributed by atoms with Crippen LogP contribution in [0.25, 0.3) is 33.7 Å². The lowest BCUT2D eigenvalue weighted by molar-refractivity contribution is -0.127. The number of aryl methyl sites for hydroxylation is 2. The van der Waals surface area contributed by atoms with Crippen LogP contribution in [0.2, 0.25) is 0 Å². The highest BCUT2D eigenvalue weighted by molar-refractivity contribution is 5.87. The van der Waals surface area contributed by atoms with Crippen molar-refractivity contribution in [2.24, 2.45) is 7.05 Å². The van der Waals surface area contributed by atoms with Gasteiger partial charge in [-0.3, -0.25) is 9.48 Å². The summed E-state index contributed by atoms with van der Waals surface area (Å²) in [6.07, 6.45) is 1.46. The Morgan fingerprint density at radius 2 is 2.03 bits per heavy atom. The van der Waals surface area contributed by atoms with E-state index in [0.717, 1.165) is 39.4 Å². The number of hydrogen-bond acceptors (Lipinski definition) is 4. The number of imidazole rings is 1. The molecule has 0 saturated carbocycles. The molecule has 6 rings (SSSR count). The van der Waals surface area contributed by atoms with E-state index in [4.69, 9.17) is 10.1 Å². The van der Waals surface area contributed by atoms with Crippen LogP contribution < -0.4 is 0 Å². The third kappa shape index (κ3) is 3.38. The fourth-order valence-corrected chi connectivity index (χ4v) is 5.41. The Morgan fingerprint density at radius 1 is 1.20 bits per heavy atom. The molecule has 35 heavy (non-hydrogen) atoms. The molecular weight excluding hydrogens is 443 g/mol. The van der Waals surface area contributed by atoms with Gasteiger partial charge in [-0.15, -0.1) is 0 Å². The van der Waals surface area contributed by atoms with Gasteiger partial charge in [0.05, 0.1) is 40.7 Å². The number of aromatic nitrogens is 5. The molecule has 2 unspecified atom stereocenters. The van der Waals surface area contributed by atoms with E-state index in [0.29, 0.717) is 42.9 Å². The van der Waals surface area contributed by atoms with Crippen molar-refractivity contribution >= 4 is 16.9 Å². The maximum atomic E-state index is 15.0. The molecule has 1 aliphatic heterocycles. The van der Waals surface area contributed by atoms with Crippen LogP contribution in [0.4, 0.5) is 4.39 Å². The molecule has 8 heteroatoms. The minimum Gasteiger partial charge on any atom is -0.331 e. The Bertz CT molecular complexity index is 1520. The van der Waals surface area contributed by atoms with Crippen molar-refractivity contribution in [3.8, 4) is 22.6 Å². The van der Waals surface area contributed by atoms with E-state index in [-0.39, 0.29) is 11.9 Å². The first-order valence-corrected chi connectivity index (χ1v) is 12.0. The van der Waals surface area contributed by atoms with Crippen LogP contribution in [0.1, 0.15) is 48.2 Å². The van der Waals surface area contributed by atoms with E-state index in [1.165, 1.54) is 6.08 Å². The first-order chi connectivity index (χ1) is 16.8. The lowest BCUT2D eigenvalue weighted by atomic mass is 10.0. The molecule has 7 nitrogen and oxygen atoms in total. The third-order valence-corrected chi connectivity index (χ3v) is 7.34. The van der Waals surface area contributed by atoms with Gasteiger partial charge in [-0.25, -0.2) is 14.4 Å². The summed E-state index contributed by atoms with van der Waals surface area (Å²) in [5, 5.41) is 4.82. The summed E-state index contributed by atoms with van der Waals surface area (Å²) in [5.74, 6) is 0.846. The fraction of sp³-hybridized carbons (Fsp3) is 0.333. The molecule has 0 bridgehead atoms. The molecule has 0 spiro atoms. The molecule has 4 aromatic rings. The third-order valence-electron chi connectivity index (χ3n) is 7.34. The quantitative estimate of drug-likeness (QED) is 0.401. The molecule has 1 amide bonds. The second kappa shape index (κ2) is 7.86. The summed E-state index contributed by atoms with van der Waals surface area (Å²) in [4.78, 5) is 23.7. The van der Waals surface area contributed by atoms with Crippen molar-refractivity contribution < 1.29 is 9.18 Å². The van der Waals surface area contributed by atoms with E-state index in [1.807, 2.05) is 49.8 Å². The Balaban J connectivity index is 1.47. The highest BCUT2D eigenvalue weighted by Crippen LogP contribution is 2.41. The summed E-state index contributed by atoms with van der Waals surface area (Å²) in [5.41, 5.74) is 7.62. The molecule has 178 valence electrons. The van der Waals surface area contributed by atoms with Crippen LogP contribution in [-0.4, -0.2) is 41.7 Å². The van der Waals surface area contributed by atoms with Crippen molar-refractivity contribution in [3.05, 3.63) is 65.6 Å². The summed E-state index contributed by atoms with van der Waals surface area (Å²) < 4.78 is 19.0. The topological polar surface area (TPSA) is 68.8 Å². The predicted molar refractivity (Wildman–Crippen MR) is 132 cm³/mol. The predicted octanol–water partition coefficient (Wildman–Crippen LogP) is 4.85. The molecule has 0 N–H and O–H groups in total. The lowest BCUT2D eigenvalue weighted by Gasteiger charge is -2.31. The summed E-state index contributed by atoms with van der Waals surface area (Å²) in [7, 11) is 2.00. The van der Waals surface area contributed by atoms with Gasteiger partial charge in [0.1, 0.15) is 17.7 Å². The van der Waals surface area contributed by atoms with Crippen molar-refractivity contribution in [3.63, 3.8) is 0 Å². The first-order valence-electron chi connectivity index (χ1n) is 12.0. The van der Waals surface area contributed by atoms with E-state index < -0.39 is 6.17 Å². The van der Waals surface area contributed by atoms with Crippen LogP contribution >= 0.6 is 0 Å². The Labute approximate surface area is 202 Å². The summed E-state index contributed by atoms with van der Waals surface area (Å²) in [6, 6.07) is 9.97. The molecule has 2 atom stereocenters. The summed E-state index contributed by atoms with van der Waals surface area (Å²) in [6.45, 7) is 8.65. The smallest absolute Gasteiger partial charge is 0.246 e. The zero-order valence-corrected chi connectivity index (χ0v) is 20.1. The highest BCUT2D eigenvalue weighted by Gasteiger charge is 2.30. The molecule has 1 aliphatic carbocycles. The number of amides is 1. The number of carbonyl (C=O) groups excluding carboxylic acids is 1. The number of carbonyl (C=O) groups is 1. The number of fused-ring (bicyclic) bond motifs is 3. The zero-order chi connectivity index (χ0) is 24.4. The van der Waals surface area contributed by atoms with Gasteiger partial charge in [-0.05, 0) is 68.2 Å². The van der Waals surface area contributed by atoms with E-state index >= 15 is 0 Å². The normalized spacial score (nSPS) is 19.1. The average Bonchev–Trinajstić information content (AvgIpc) is 3.54. The van der Waals surface area contributed by atoms with Crippen LogP contribution in [-0.2, 0) is 24.8 Å². The number of alkyl halides is 1. The number of rotatable bonds is 3. The maximum absolute atomic E-state index is 15.0. The molecule has 2 aliphatic rings. The van der Waals surface area contributed by atoms with E-state index in [2.05, 4.69) is 22.2 Å². The number of pyridine rings is 1. The van der Waals surface area contributed by atoms with Gasteiger partial charge in [0, 0.05) is 19.2 Å². The Morgan fingerprint density at radius 3 is 2.83 bits per heavy atom. The van der Waals surface area contributed by atoms with Crippen molar-refractivity contribution in [1.29, 1.82) is 0 Å². The SMILES string of the molecule is C=CC(=O)N1Cc2cc(-c3cc4c(c(-c5ccc6c(c5)nc(C)n6C)n3)CCC4F)nn2C(C)C1. The van der Waals surface area contributed by atoms with Crippen molar-refractivity contribution in [2.75, 3.05) is 6.54 Å². The molecule has 0 fully saturated rings. The van der Waals surface area contributed by atoms with Crippen molar-refractivity contribution in [1.82, 2.24) is 29.2 Å². The van der Waals surface area contributed by atoms with Gasteiger partial charge >= 0.3 is 0 Å². The molecule has 1 aromatic carbocycles. The number of halogens is 1. The van der Waals surface area contributed by atoms with E-state index in [9.17, 15) is 9.18 Å². The number of hydrogen-bond donors (Lipinski definition) is 0. The fourth-order valence-electron chi connectivity index (χ4n) is 5.41. The largest absolute Gasteiger partial charge is 0.331 e. The second-order valence-electron chi connectivity index (χ2n) is 9.59. The second-order valence-corrected chi connectivity index (χ2v) is 9.59. The molecule has 0 radical (unpaired) electrons. The Hall–Kier alpha value is -3.81. The maximum Gasteiger partial charge on any atom is 0.246 e. The minimum atomic E-state index is -1.01. The lowest BCUT2D eigenvalue weighted by Crippen LogP contribution is -2.39. The van der Waals surface area contributed by atoms with Crippen LogP contribution in [0.15, 0.2) is 43.0 Å².